The first-order valence-corrected chi connectivity index (χ1v) is 7.44. The van der Waals surface area contributed by atoms with E-state index in [0.29, 0.717) is 16.8 Å². The van der Waals surface area contributed by atoms with Crippen molar-refractivity contribution in [1.82, 2.24) is 15.5 Å². The lowest BCUT2D eigenvalue weighted by atomic mass is 10.1. The molecule has 2 N–H and O–H groups in total. The smallest absolute Gasteiger partial charge is 0.269 e. The Morgan fingerprint density at radius 3 is 2.50 bits per heavy atom. The van der Waals surface area contributed by atoms with Crippen LogP contribution in [0.25, 0.3) is 11.3 Å². The molecule has 0 unspecified atom stereocenters. The summed E-state index contributed by atoms with van der Waals surface area (Å²) < 4.78 is 25.9. The summed E-state index contributed by atoms with van der Waals surface area (Å²) in [4.78, 5) is 12.1. The maximum Gasteiger partial charge on any atom is 0.269 e. The normalized spacial score (nSPS) is 10.6. The molecule has 0 aliphatic carbocycles. The Morgan fingerprint density at radius 2 is 1.79 bits per heavy atom. The molecule has 1 aromatic heterocycles. The fourth-order valence-corrected chi connectivity index (χ4v) is 2.38. The largest absolute Gasteiger partial charge is 0.347 e. The molecule has 0 saturated heterocycles. The van der Waals surface area contributed by atoms with Crippen molar-refractivity contribution in [2.45, 2.75) is 6.54 Å². The molecule has 24 heavy (non-hydrogen) atoms. The van der Waals surface area contributed by atoms with Gasteiger partial charge in [-0.3, -0.25) is 9.89 Å². The van der Waals surface area contributed by atoms with Crippen LogP contribution in [0.5, 0.6) is 0 Å². The second-order valence-electron chi connectivity index (χ2n) is 5.09. The van der Waals surface area contributed by atoms with Crippen molar-refractivity contribution < 1.29 is 13.6 Å². The third-order valence-electron chi connectivity index (χ3n) is 3.42. The fraction of sp³-hybridized carbons (Fsp3) is 0.0588. The molecule has 3 aromatic rings. The molecular weight excluding hydrogens is 336 g/mol. The standard InChI is InChI=1S/C17H12ClF2N3O/c18-14-7-13(20)6-3-11(14)9-21-17(24)16-8-15(22-23-16)10-1-4-12(19)5-2-10/h1-8H,9H2,(H,21,24)(H,22,23). The second-order valence-corrected chi connectivity index (χ2v) is 5.50. The maximum absolute atomic E-state index is 13.0. The molecule has 0 spiro atoms. The van der Waals surface area contributed by atoms with Gasteiger partial charge < -0.3 is 5.32 Å². The van der Waals surface area contributed by atoms with Gasteiger partial charge in [0.2, 0.25) is 0 Å². The third kappa shape index (κ3) is 3.60. The Morgan fingerprint density at radius 1 is 1.08 bits per heavy atom. The lowest BCUT2D eigenvalue weighted by molar-refractivity contribution is 0.0946. The van der Waals surface area contributed by atoms with E-state index in [9.17, 15) is 13.6 Å². The summed E-state index contributed by atoms with van der Waals surface area (Å²) in [6.07, 6.45) is 0. The molecular formula is C17H12ClF2N3O. The minimum atomic E-state index is -0.437. The van der Waals surface area contributed by atoms with Crippen LogP contribution in [0.3, 0.4) is 0 Å². The van der Waals surface area contributed by atoms with Crippen LogP contribution in [0.2, 0.25) is 5.02 Å². The average molecular weight is 348 g/mol. The number of hydrogen-bond donors (Lipinski definition) is 2. The Hall–Kier alpha value is -2.73. The van der Waals surface area contributed by atoms with Crippen LogP contribution in [0.1, 0.15) is 16.1 Å². The van der Waals surface area contributed by atoms with Crippen LogP contribution < -0.4 is 5.32 Å². The number of rotatable bonds is 4. The Balaban J connectivity index is 1.68. The SMILES string of the molecule is O=C(NCc1ccc(F)cc1Cl)c1cc(-c2ccc(F)cc2)n[nH]1. The van der Waals surface area contributed by atoms with Crippen LogP contribution in [0, 0.1) is 11.6 Å². The second kappa shape index (κ2) is 6.80. The van der Waals surface area contributed by atoms with E-state index < -0.39 is 5.82 Å². The first-order chi connectivity index (χ1) is 11.5. The Bertz CT molecular complexity index is 878. The molecule has 0 aliphatic rings. The number of carbonyl (C=O) groups is 1. The van der Waals surface area contributed by atoms with Crippen molar-refractivity contribution in [2.75, 3.05) is 0 Å². The van der Waals surface area contributed by atoms with E-state index in [1.807, 2.05) is 0 Å². The van der Waals surface area contributed by atoms with E-state index in [4.69, 9.17) is 11.6 Å². The van der Waals surface area contributed by atoms with Gasteiger partial charge in [-0.15, -0.1) is 0 Å². The van der Waals surface area contributed by atoms with Gasteiger partial charge in [-0.25, -0.2) is 8.78 Å². The molecule has 1 heterocycles. The topological polar surface area (TPSA) is 57.8 Å². The minimum absolute atomic E-state index is 0.156. The highest BCUT2D eigenvalue weighted by Gasteiger charge is 2.12. The quantitative estimate of drug-likeness (QED) is 0.751. The lowest BCUT2D eigenvalue weighted by Gasteiger charge is -2.05. The summed E-state index contributed by atoms with van der Waals surface area (Å²) >= 11 is 5.91. The van der Waals surface area contributed by atoms with Crippen molar-refractivity contribution in [2.24, 2.45) is 0 Å². The van der Waals surface area contributed by atoms with Gasteiger partial charge >= 0.3 is 0 Å². The molecule has 0 aliphatic heterocycles. The molecule has 2 aromatic carbocycles. The molecule has 7 heteroatoms. The zero-order chi connectivity index (χ0) is 17.1. The molecule has 0 radical (unpaired) electrons. The molecule has 4 nitrogen and oxygen atoms in total. The summed E-state index contributed by atoms with van der Waals surface area (Å²) in [6.45, 7) is 0.156. The van der Waals surface area contributed by atoms with Crippen molar-refractivity contribution in [3.63, 3.8) is 0 Å². The average Bonchev–Trinajstić information content (AvgIpc) is 3.04. The first-order valence-electron chi connectivity index (χ1n) is 7.06. The maximum atomic E-state index is 13.0. The lowest BCUT2D eigenvalue weighted by Crippen LogP contribution is -2.23. The van der Waals surface area contributed by atoms with Crippen molar-refractivity contribution in [3.05, 3.63) is 76.4 Å². The van der Waals surface area contributed by atoms with Gasteiger partial charge in [0.1, 0.15) is 17.3 Å². The number of nitrogens with one attached hydrogen (secondary N) is 2. The highest BCUT2D eigenvalue weighted by molar-refractivity contribution is 6.31. The number of aromatic nitrogens is 2. The van der Waals surface area contributed by atoms with Crippen molar-refractivity contribution in [1.29, 1.82) is 0 Å². The molecule has 122 valence electrons. The van der Waals surface area contributed by atoms with Gasteiger partial charge in [0.15, 0.2) is 0 Å². The van der Waals surface area contributed by atoms with Gasteiger partial charge in [-0.2, -0.15) is 5.10 Å². The highest BCUT2D eigenvalue weighted by atomic mass is 35.5. The van der Waals surface area contributed by atoms with E-state index in [2.05, 4.69) is 15.5 Å². The van der Waals surface area contributed by atoms with Gasteiger partial charge in [0.05, 0.1) is 5.69 Å². The van der Waals surface area contributed by atoms with Crippen molar-refractivity contribution in [3.8, 4) is 11.3 Å². The number of H-pyrrole nitrogens is 1. The van der Waals surface area contributed by atoms with Gasteiger partial charge in [-0.1, -0.05) is 17.7 Å². The van der Waals surface area contributed by atoms with Gasteiger partial charge in [-0.05, 0) is 48.0 Å². The number of benzene rings is 2. The van der Waals surface area contributed by atoms with Crippen LogP contribution in [0.4, 0.5) is 8.78 Å². The van der Waals surface area contributed by atoms with E-state index in [0.717, 1.165) is 0 Å². The van der Waals surface area contributed by atoms with E-state index in [1.165, 1.54) is 30.3 Å². The number of amides is 1. The predicted octanol–water partition coefficient (Wildman–Crippen LogP) is 3.94. The summed E-state index contributed by atoms with van der Waals surface area (Å²) in [6, 6.07) is 11.3. The van der Waals surface area contributed by atoms with Crippen LogP contribution in [0.15, 0.2) is 48.5 Å². The summed E-state index contributed by atoms with van der Waals surface area (Å²) in [7, 11) is 0. The van der Waals surface area contributed by atoms with E-state index >= 15 is 0 Å². The van der Waals surface area contributed by atoms with E-state index in [-0.39, 0.29) is 29.0 Å². The molecule has 0 fully saturated rings. The number of hydrogen-bond acceptors (Lipinski definition) is 2. The zero-order valence-corrected chi connectivity index (χ0v) is 13.1. The molecule has 0 bridgehead atoms. The summed E-state index contributed by atoms with van der Waals surface area (Å²) in [5.41, 5.74) is 2.07. The first kappa shape index (κ1) is 16.1. The monoisotopic (exact) mass is 347 g/mol. The van der Waals surface area contributed by atoms with Crippen molar-refractivity contribution >= 4 is 17.5 Å². The third-order valence-corrected chi connectivity index (χ3v) is 3.77. The predicted molar refractivity (Wildman–Crippen MR) is 86.6 cm³/mol. The minimum Gasteiger partial charge on any atom is -0.347 e. The molecule has 1 amide bonds. The highest BCUT2D eigenvalue weighted by Crippen LogP contribution is 2.19. The molecule has 0 saturated carbocycles. The Labute approximate surface area is 141 Å². The van der Waals surface area contributed by atoms with Crippen LogP contribution in [-0.4, -0.2) is 16.1 Å². The number of carbonyl (C=O) groups excluding carboxylic acids is 1. The summed E-state index contributed by atoms with van der Waals surface area (Å²) in [5, 5.41) is 9.58. The molecule has 0 atom stereocenters. The van der Waals surface area contributed by atoms with Crippen LogP contribution >= 0.6 is 11.6 Å². The molecule has 3 rings (SSSR count). The van der Waals surface area contributed by atoms with E-state index in [1.54, 1.807) is 18.2 Å². The van der Waals surface area contributed by atoms with Gasteiger partial charge in [0, 0.05) is 17.1 Å². The number of nitrogens with zero attached hydrogens (tertiary/aromatic N) is 1. The van der Waals surface area contributed by atoms with Crippen LogP contribution in [-0.2, 0) is 6.54 Å². The number of halogens is 3. The van der Waals surface area contributed by atoms with Gasteiger partial charge in [0.25, 0.3) is 5.91 Å². The number of aromatic amines is 1. The Kier molecular flexibility index (Phi) is 4.57. The summed E-state index contributed by atoms with van der Waals surface area (Å²) in [5.74, 6) is -1.16. The zero-order valence-electron chi connectivity index (χ0n) is 12.3. The fourth-order valence-electron chi connectivity index (χ4n) is 2.14.